The highest BCUT2D eigenvalue weighted by molar-refractivity contribution is 9.08. The van der Waals surface area contributed by atoms with Gasteiger partial charge < -0.3 is 9.30 Å². The maximum absolute atomic E-state index is 5.37. The Morgan fingerprint density at radius 1 is 1.50 bits per heavy atom. The van der Waals surface area contributed by atoms with Crippen molar-refractivity contribution in [1.82, 2.24) is 9.55 Å². The van der Waals surface area contributed by atoms with Crippen LogP contribution in [0.1, 0.15) is 5.69 Å². The van der Waals surface area contributed by atoms with Crippen LogP contribution in [-0.4, -0.2) is 22.8 Å². The third kappa shape index (κ3) is 1.41. The molecule has 4 heteroatoms. The molecular weight excluding hydrogens is 244 g/mol. The van der Waals surface area contributed by atoms with Crippen LogP contribution in [0.5, 0.6) is 0 Å². The third-order valence-electron chi connectivity index (χ3n) is 3.37. The molecule has 3 rings (SSSR count). The summed E-state index contributed by atoms with van der Waals surface area (Å²) in [5.74, 6) is 2.52. The van der Waals surface area contributed by atoms with Crippen LogP contribution < -0.4 is 0 Å². The van der Waals surface area contributed by atoms with Gasteiger partial charge in [-0.2, -0.15) is 0 Å². The maximum atomic E-state index is 5.37. The number of nitrogens with zero attached hydrogens (tertiary/aromatic N) is 2. The summed E-state index contributed by atoms with van der Waals surface area (Å²) in [6.07, 6.45) is 4.06. The largest absolute Gasteiger partial charge is 0.381 e. The van der Waals surface area contributed by atoms with E-state index in [0.717, 1.165) is 48.5 Å². The van der Waals surface area contributed by atoms with Gasteiger partial charge in [0.05, 0.1) is 25.2 Å². The first-order valence-corrected chi connectivity index (χ1v) is 6.15. The zero-order valence-electron chi connectivity index (χ0n) is 7.90. The van der Waals surface area contributed by atoms with Gasteiger partial charge in [0.25, 0.3) is 0 Å². The van der Waals surface area contributed by atoms with Crippen molar-refractivity contribution in [2.24, 2.45) is 17.8 Å². The molecule has 2 fully saturated rings. The topological polar surface area (TPSA) is 27.1 Å². The molecule has 1 aliphatic carbocycles. The van der Waals surface area contributed by atoms with Gasteiger partial charge in [-0.25, -0.2) is 4.98 Å². The van der Waals surface area contributed by atoms with Gasteiger partial charge in [0.2, 0.25) is 0 Å². The highest BCUT2D eigenvalue weighted by atomic mass is 79.9. The molecule has 0 radical (unpaired) electrons. The van der Waals surface area contributed by atoms with E-state index in [1.54, 1.807) is 0 Å². The molecule has 2 unspecified atom stereocenters. The van der Waals surface area contributed by atoms with Crippen molar-refractivity contribution >= 4 is 15.9 Å². The standard InChI is InChI=1S/C10H13BrN2O/c11-1-7-2-13(6-12-7)3-8-9-4-14-5-10(8)9/h2,6,8-10H,1,3-5H2. The van der Waals surface area contributed by atoms with Crippen LogP contribution in [0.25, 0.3) is 0 Å². The molecule has 1 saturated carbocycles. The second kappa shape index (κ2) is 3.35. The van der Waals surface area contributed by atoms with Gasteiger partial charge in [0.1, 0.15) is 0 Å². The number of alkyl halides is 1. The van der Waals surface area contributed by atoms with Gasteiger partial charge in [-0.15, -0.1) is 0 Å². The van der Waals surface area contributed by atoms with E-state index in [2.05, 4.69) is 31.7 Å². The van der Waals surface area contributed by atoms with Crippen LogP contribution in [0.15, 0.2) is 12.5 Å². The fourth-order valence-corrected chi connectivity index (χ4v) is 2.74. The summed E-state index contributed by atoms with van der Waals surface area (Å²) in [6.45, 7) is 3.09. The molecular formula is C10H13BrN2O. The van der Waals surface area contributed by atoms with Crippen molar-refractivity contribution in [2.75, 3.05) is 13.2 Å². The molecule has 3 nitrogen and oxygen atoms in total. The Labute approximate surface area is 91.6 Å². The Morgan fingerprint density at radius 3 is 2.93 bits per heavy atom. The number of hydrogen-bond acceptors (Lipinski definition) is 2. The van der Waals surface area contributed by atoms with Crippen LogP contribution in [0.2, 0.25) is 0 Å². The lowest BCUT2D eigenvalue weighted by molar-refractivity contribution is 0.148. The Hall–Kier alpha value is -0.350. The summed E-state index contributed by atoms with van der Waals surface area (Å²) < 4.78 is 7.58. The Balaban J connectivity index is 1.62. The lowest BCUT2D eigenvalue weighted by Crippen LogP contribution is -2.05. The summed E-state index contributed by atoms with van der Waals surface area (Å²) in [4.78, 5) is 4.29. The summed E-state index contributed by atoms with van der Waals surface area (Å²) in [6, 6.07) is 0. The number of halogens is 1. The first-order chi connectivity index (χ1) is 6.88. The highest BCUT2D eigenvalue weighted by Gasteiger charge is 2.53. The highest BCUT2D eigenvalue weighted by Crippen LogP contribution is 2.51. The molecule has 14 heavy (non-hydrogen) atoms. The smallest absolute Gasteiger partial charge is 0.0949 e. The lowest BCUT2D eigenvalue weighted by Gasteiger charge is -2.04. The Morgan fingerprint density at radius 2 is 2.29 bits per heavy atom. The van der Waals surface area contributed by atoms with Crippen LogP contribution in [0.4, 0.5) is 0 Å². The molecule has 2 aliphatic rings. The molecule has 1 aromatic heterocycles. The fourth-order valence-electron chi connectivity index (χ4n) is 2.45. The molecule has 76 valence electrons. The maximum Gasteiger partial charge on any atom is 0.0949 e. The average Bonchev–Trinajstić information content (AvgIpc) is 2.64. The summed E-state index contributed by atoms with van der Waals surface area (Å²) in [5.41, 5.74) is 1.12. The summed E-state index contributed by atoms with van der Waals surface area (Å²) in [7, 11) is 0. The molecule has 2 heterocycles. The molecule has 0 amide bonds. The van der Waals surface area contributed by atoms with Crippen LogP contribution in [-0.2, 0) is 16.6 Å². The molecule has 0 aromatic carbocycles. The normalized spacial score (nSPS) is 34.5. The SMILES string of the molecule is BrCc1cn(CC2C3COCC32)cn1. The average molecular weight is 257 g/mol. The van der Waals surface area contributed by atoms with Gasteiger partial charge >= 0.3 is 0 Å². The Kier molecular flexibility index (Phi) is 2.13. The molecule has 1 saturated heterocycles. The van der Waals surface area contributed by atoms with Gasteiger partial charge in [-0.3, -0.25) is 0 Å². The molecule has 0 spiro atoms. The fraction of sp³-hybridized carbons (Fsp3) is 0.700. The van der Waals surface area contributed by atoms with Gasteiger partial charge in [0.15, 0.2) is 0 Å². The quantitative estimate of drug-likeness (QED) is 0.770. The van der Waals surface area contributed by atoms with Crippen molar-refractivity contribution < 1.29 is 4.74 Å². The third-order valence-corrected chi connectivity index (χ3v) is 3.95. The first kappa shape index (κ1) is 8.92. The minimum Gasteiger partial charge on any atom is -0.381 e. The second-order valence-corrected chi connectivity index (χ2v) is 4.79. The second-order valence-electron chi connectivity index (χ2n) is 4.22. The van der Waals surface area contributed by atoms with E-state index in [1.807, 2.05) is 6.33 Å². The van der Waals surface area contributed by atoms with Crippen LogP contribution in [0.3, 0.4) is 0 Å². The van der Waals surface area contributed by atoms with Crippen molar-refractivity contribution in [3.8, 4) is 0 Å². The van der Waals surface area contributed by atoms with Crippen molar-refractivity contribution in [3.63, 3.8) is 0 Å². The Bertz CT molecular complexity index is 329. The zero-order chi connectivity index (χ0) is 9.54. The van der Waals surface area contributed by atoms with E-state index in [1.165, 1.54) is 0 Å². The molecule has 1 aliphatic heterocycles. The summed E-state index contributed by atoms with van der Waals surface area (Å²) >= 11 is 3.41. The van der Waals surface area contributed by atoms with E-state index in [0.29, 0.717) is 0 Å². The summed E-state index contributed by atoms with van der Waals surface area (Å²) in [5, 5.41) is 0.848. The predicted molar refractivity (Wildman–Crippen MR) is 56.1 cm³/mol. The monoisotopic (exact) mass is 256 g/mol. The number of imidazole rings is 1. The van der Waals surface area contributed by atoms with Gasteiger partial charge in [-0.1, -0.05) is 15.9 Å². The van der Waals surface area contributed by atoms with Crippen molar-refractivity contribution in [3.05, 3.63) is 18.2 Å². The predicted octanol–water partition coefficient (Wildman–Crippen LogP) is 1.67. The minimum absolute atomic E-state index is 0.838. The van der Waals surface area contributed by atoms with Crippen molar-refractivity contribution in [1.29, 1.82) is 0 Å². The van der Waals surface area contributed by atoms with E-state index in [-0.39, 0.29) is 0 Å². The van der Waals surface area contributed by atoms with Gasteiger partial charge in [-0.05, 0) is 17.8 Å². The number of hydrogen-bond donors (Lipinski definition) is 0. The van der Waals surface area contributed by atoms with Gasteiger partial charge in [0, 0.05) is 18.1 Å². The van der Waals surface area contributed by atoms with Crippen LogP contribution >= 0.6 is 15.9 Å². The van der Waals surface area contributed by atoms with E-state index >= 15 is 0 Å². The van der Waals surface area contributed by atoms with E-state index in [9.17, 15) is 0 Å². The van der Waals surface area contributed by atoms with Crippen molar-refractivity contribution in [2.45, 2.75) is 11.9 Å². The van der Waals surface area contributed by atoms with E-state index in [4.69, 9.17) is 4.74 Å². The number of fused-ring (bicyclic) bond motifs is 1. The first-order valence-electron chi connectivity index (χ1n) is 5.03. The zero-order valence-corrected chi connectivity index (χ0v) is 9.48. The molecule has 2 atom stereocenters. The molecule has 0 N–H and O–H groups in total. The number of rotatable bonds is 3. The molecule has 1 aromatic rings. The van der Waals surface area contributed by atoms with E-state index < -0.39 is 0 Å². The number of ether oxygens (including phenoxy) is 1. The van der Waals surface area contributed by atoms with Crippen LogP contribution in [0, 0.1) is 17.8 Å². The number of aromatic nitrogens is 2. The molecule has 0 bridgehead atoms. The lowest BCUT2D eigenvalue weighted by atomic mass is 10.3. The minimum atomic E-state index is 0.838.